The number of halogens is 1. The molecular weight excluding hydrogens is 248 g/mol. The zero-order chi connectivity index (χ0) is 11.3. The van der Waals surface area contributed by atoms with Gasteiger partial charge in [-0.05, 0) is 36.3 Å². The van der Waals surface area contributed by atoms with Gasteiger partial charge in [0.1, 0.15) is 0 Å². The summed E-state index contributed by atoms with van der Waals surface area (Å²) in [6.45, 7) is 6.75. The molecule has 0 aliphatic rings. The van der Waals surface area contributed by atoms with Crippen LogP contribution in [-0.4, -0.2) is 4.83 Å². The normalized spacial score (nSPS) is 13.1. The van der Waals surface area contributed by atoms with E-state index in [0.29, 0.717) is 4.83 Å². The van der Waals surface area contributed by atoms with Gasteiger partial charge in [-0.15, -0.1) is 0 Å². The van der Waals surface area contributed by atoms with Gasteiger partial charge in [-0.2, -0.15) is 0 Å². The first-order valence-corrected chi connectivity index (χ1v) is 6.71. The van der Waals surface area contributed by atoms with Crippen LogP contribution < -0.4 is 0 Å². The van der Waals surface area contributed by atoms with Gasteiger partial charge in [0.15, 0.2) is 0 Å². The van der Waals surface area contributed by atoms with Gasteiger partial charge in [-0.1, -0.05) is 61.0 Å². The molecule has 0 bridgehead atoms. The highest BCUT2D eigenvalue weighted by molar-refractivity contribution is 9.09. The van der Waals surface area contributed by atoms with E-state index in [1.54, 1.807) is 0 Å². The zero-order valence-electron chi connectivity index (χ0n) is 9.96. The van der Waals surface area contributed by atoms with E-state index in [1.807, 2.05) is 0 Å². The van der Waals surface area contributed by atoms with Gasteiger partial charge in [0.2, 0.25) is 0 Å². The molecule has 15 heavy (non-hydrogen) atoms. The van der Waals surface area contributed by atoms with Crippen LogP contribution in [0.2, 0.25) is 0 Å². The molecule has 0 aromatic heterocycles. The molecule has 0 aliphatic carbocycles. The first-order valence-electron chi connectivity index (χ1n) is 5.80. The second kappa shape index (κ2) is 6.32. The molecule has 1 rings (SSSR count). The zero-order valence-corrected chi connectivity index (χ0v) is 11.5. The highest BCUT2D eigenvalue weighted by Gasteiger charge is 2.01. The second-order valence-electron chi connectivity index (χ2n) is 4.74. The van der Waals surface area contributed by atoms with Gasteiger partial charge in [0, 0.05) is 4.83 Å². The lowest BCUT2D eigenvalue weighted by Crippen LogP contribution is -1.97. The van der Waals surface area contributed by atoms with Crippen molar-refractivity contribution in [3.8, 4) is 0 Å². The number of aryl methyl sites for hydroxylation is 1. The van der Waals surface area contributed by atoms with Crippen LogP contribution in [0.1, 0.15) is 38.3 Å². The molecule has 0 fully saturated rings. The van der Waals surface area contributed by atoms with Crippen molar-refractivity contribution in [2.45, 2.75) is 44.9 Å². The Hall–Kier alpha value is -0.300. The van der Waals surface area contributed by atoms with E-state index in [0.717, 1.165) is 5.92 Å². The second-order valence-corrected chi connectivity index (χ2v) is 6.30. The maximum absolute atomic E-state index is 3.59. The smallest absolute Gasteiger partial charge is 0.0120 e. The van der Waals surface area contributed by atoms with Gasteiger partial charge in [0.25, 0.3) is 0 Å². The predicted molar refractivity (Wildman–Crippen MR) is 71.7 cm³/mol. The van der Waals surface area contributed by atoms with Crippen LogP contribution >= 0.6 is 15.9 Å². The summed E-state index contributed by atoms with van der Waals surface area (Å²) in [5.74, 6) is 0.746. The summed E-state index contributed by atoms with van der Waals surface area (Å²) in [4.78, 5) is 0.617. The number of rotatable bonds is 5. The summed E-state index contributed by atoms with van der Waals surface area (Å²) < 4.78 is 0. The summed E-state index contributed by atoms with van der Waals surface area (Å²) >= 11 is 3.59. The summed E-state index contributed by atoms with van der Waals surface area (Å²) in [6.07, 6.45) is 3.58. The van der Waals surface area contributed by atoms with Gasteiger partial charge in [-0.3, -0.25) is 0 Å². The van der Waals surface area contributed by atoms with E-state index >= 15 is 0 Å². The quantitative estimate of drug-likeness (QED) is 0.685. The first kappa shape index (κ1) is 12.8. The molecule has 1 aromatic rings. The Kier molecular flexibility index (Phi) is 5.38. The van der Waals surface area contributed by atoms with Crippen molar-refractivity contribution in [1.82, 2.24) is 0 Å². The lowest BCUT2D eigenvalue weighted by atomic mass is 9.99. The molecule has 0 nitrogen and oxygen atoms in total. The number of alkyl halides is 1. The van der Waals surface area contributed by atoms with Gasteiger partial charge in [-0.25, -0.2) is 0 Å². The fraction of sp³-hybridized carbons (Fsp3) is 0.571. The highest BCUT2D eigenvalue weighted by atomic mass is 79.9. The van der Waals surface area contributed by atoms with Crippen molar-refractivity contribution >= 4 is 15.9 Å². The van der Waals surface area contributed by atoms with Crippen LogP contribution in [-0.2, 0) is 12.8 Å². The Morgan fingerprint density at radius 3 is 2.40 bits per heavy atom. The molecule has 0 saturated heterocycles. The molecule has 1 atom stereocenters. The molecule has 0 radical (unpaired) electrons. The molecule has 0 aliphatic heterocycles. The molecule has 0 heterocycles. The molecule has 84 valence electrons. The summed E-state index contributed by atoms with van der Waals surface area (Å²) in [5, 5.41) is 0. The van der Waals surface area contributed by atoms with Crippen LogP contribution in [0.3, 0.4) is 0 Å². The average molecular weight is 269 g/mol. The standard InChI is InChI=1S/C14H21Br/c1-11(2)9-14-6-4-5-13(10-14)8-7-12(3)15/h4-6,10-12H,7-9H2,1-3H3. The molecular formula is C14H21Br. The summed E-state index contributed by atoms with van der Waals surface area (Å²) in [5.41, 5.74) is 2.95. The third kappa shape index (κ3) is 5.36. The molecule has 1 heteroatoms. The molecule has 0 N–H and O–H groups in total. The van der Waals surface area contributed by atoms with E-state index in [4.69, 9.17) is 0 Å². The Bertz CT molecular complexity index is 289. The van der Waals surface area contributed by atoms with Gasteiger partial charge < -0.3 is 0 Å². The van der Waals surface area contributed by atoms with Crippen molar-refractivity contribution in [3.63, 3.8) is 0 Å². The van der Waals surface area contributed by atoms with Gasteiger partial charge >= 0.3 is 0 Å². The third-order valence-corrected chi connectivity index (χ3v) is 2.92. The maximum Gasteiger partial charge on any atom is 0.0120 e. The minimum atomic E-state index is 0.617. The minimum absolute atomic E-state index is 0.617. The number of hydrogen-bond acceptors (Lipinski definition) is 0. The molecule has 0 spiro atoms. The van der Waals surface area contributed by atoms with E-state index in [-0.39, 0.29) is 0 Å². The van der Waals surface area contributed by atoms with E-state index in [1.165, 1.54) is 30.4 Å². The lowest BCUT2D eigenvalue weighted by Gasteiger charge is -2.08. The summed E-state index contributed by atoms with van der Waals surface area (Å²) in [6, 6.07) is 9.02. The Morgan fingerprint density at radius 2 is 1.80 bits per heavy atom. The fourth-order valence-electron chi connectivity index (χ4n) is 1.75. The van der Waals surface area contributed by atoms with Crippen LogP contribution in [0.5, 0.6) is 0 Å². The first-order chi connectivity index (χ1) is 7.08. The van der Waals surface area contributed by atoms with E-state index < -0.39 is 0 Å². The highest BCUT2D eigenvalue weighted by Crippen LogP contribution is 2.14. The summed E-state index contributed by atoms with van der Waals surface area (Å²) in [7, 11) is 0. The van der Waals surface area contributed by atoms with Crippen molar-refractivity contribution in [2.24, 2.45) is 5.92 Å². The Balaban J connectivity index is 2.57. The van der Waals surface area contributed by atoms with Crippen LogP contribution in [0.15, 0.2) is 24.3 Å². The maximum atomic E-state index is 3.59. The SMILES string of the molecule is CC(C)Cc1cccc(CCC(C)Br)c1. The minimum Gasteiger partial charge on any atom is -0.0894 e. The molecule has 1 aromatic carbocycles. The van der Waals surface area contributed by atoms with Crippen LogP contribution in [0.4, 0.5) is 0 Å². The molecule has 1 unspecified atom stereocenters. The Labute approximate surface area is 102 Å². The predicted octanol–water partition coefficient (Wildman–Crippen LogP) is 4.60. The van der Waals surface area contributed by atoms with Gasteiger partial charge in [0.05, 0.1) is 0 Å². The molecule has 0 amide bonds. The average Bonchev–Trinajstić information content (AvgIpc) is 2.14. The monoisotopic (exact) mass is 268 g/mol. The molecule has 0 saturated carbocycles. The number of hydrogen-bond donors (Lipinski definition) is 0. The van der Waals surface area contributed by atoms with Crippen LogP contribution in [0.25, 0.3) is 0 Å². The largest absolute Gasteiger partial charge is 0.0894 e. The third-order valence-electron chi connectivity index (χ3n) is 2.47. The number of benzene rings is 1. The van der Waals surface area contributed by atoms with Crippen LogP contribution in [0, 0.1) is 5.92 Å². The fourth-order valence-corrected chi connectivity index (χ4v) is 1.98. The van der Waals surface area contributed by atoms with E-state index in [9.17, 15) is 0 Å². The Morgan fingerprint density at radius 1 is 1.13 bits per heavy atom. The van der Waals surface area contributed by atoms with Crippen molar-refractivity contribution in [3.05, 3.63) is 35.4 Å². The van der Waals surface area contributed by atoms with E-state index in [2.05, 4.69) is 61.0 Å². The lowest BCUT2D eigenvalue weighted by molar-refractivity contribution is 0.646. The van der Waals surface area contributed by atoms with Crippen molar-refractivity contribution in [2.75, 3.05) is 0 Å². The van der Waals surface area contributed by atoms with Crippen molar-refractivity contribution < 1.29 is 0 Å². The topological polar surface area (TPSA) is 0 Å². The van der Waals surface area contributed by atoms with Crippen molar-refractivity contribution in [1.29, 1.82) is 0 Å².